The lowest BCUT2D eigenvalue weighted by molar-refractivity contribution is 0.0732. The SMILES string of the molecule is O=C(c1ccc(Cl)cc1)N(Cc1ccc(Cl)cc1)Cc1cccs1. The fourth-order valence-corrected chi connectivity index (χ4v) is 3.35. The zero-order valence-electron chi connectivity index (χ0n) is 12.8. The van der Waals surface area contributed by atoms with Crippen molar-refractivity contribution in [3.05, 3.63) is 92.1 Å². The molecule has 3 aromatic rings. The highest BCUT2D eigenvalue weighted by atomic mass is 35.5. The van der Waals surface area contributed by atoms with Crippen molar-refractivity contribution in [2.24, 2.45) is 0 Å². The Labute approximate surface area is 155 Å². The van der Waals surface area contributed by atoms with Crippen LogP contribution in [0.2, 0.25) is 10.0 Å². The topological polar surface area (TPSA) is 20.3 Å². The molecule has 0 aliphatic carbocycles. The molecular weight excluding hydrogens is 361 g/mol. The van der Waals surface area contributed by atoms with E-state index in [2.05, 4.69) is 0 Å². The summed E-state index contributed by atoms with van der Waals surface area (Å²) in [7, 11) is 0. The molecule has 3 rings (SSSR count). The Bertz CT molecular complexity index is 798. The summed E-state index contributed by atoms with van der Waals surface area (Å²) in [6.07, 6.45) is 0. The van der Waals surface area contributed by atoms with Gasteiger partial charge in [0.05, 0.1) is 6.54 Å². The van der Waals surface area contributed by atoms with Crippen LogP contribution in [0.15, 0.2) is 66.0 Å². The first-order valence-electron chi connectivity index (χ1n) is 7.43. The summed E-state index contributed by atoms with van der Waals surface area (Å²) in [5.41, 5.74) is 1.67. The summed E-state index contributed by atoms with van der Waals surface area (Å²) in [6.45, 7) is 1.10. The molecule has 0 aliphatic heterocycles. The third-order valence-electron chi connectivity index (χ3n) is 3.59. The van der Waals surface area contributed by atoms with Crippen molar-refractivity contribution in [3.8, 4) is 0 Å². The van der Waals surface area contributed by atoms with Crippen LogP contribution in [0, 0.1) is 0 Å². The van der Waals surface area contributed by atoms with E-state index in [0.717, 1.165) is 10.4 Å². The van der Waals surface area contributed by atoms with Crippen LogP contribution in [-0.4, -0.2) is 10.8 Å². The summed E-state index contributed by atoms with van der Waals surface area (Å²) < 4.78 is 0. The smallest absolute Gasteiger partial charge is 0.254 e. The largest absolute Gasteiger partial charge is 0.329 e. The van der Waals surface area contributed by atoms with Crippen LogP contribution in [0.1, 0.15) is 20.8 Å². The monoisotopic (exact) mass is 375 g/mol. The van der Waals surface area contributed by atoms with Gasteiger partial charge in [-0.15, -0.1) is 11.3 Å². The van der Waals surface area contributed by atoms with E-state index in [1.165, 1.54) is 0 Å². The van der Waals surface area contributed by atoms with E-state index in [4.69, 9.17) is 23.2 Å². The lowest BCUT2D eigenvalue weighted by atomic mass is 10.1. The summed E-state index contributed by atoms with van der Waals surface area (Å²) in [5, 5.41) is 3.32. The highest BCUT2D eigenvalue weighted by Gasteiger charge is 2.17. The Balaban J connectivity index is 1.84. The molecule has 0 radical (unpaired) electrons. The maximum absolute atomic E-state index is 12.9. The van der Waals surface area contributed by atoms with Crippen molar-refractivity contribution in [3.63, 3.8) is 0 Å². The zero-order valence-corrected chi connectivity index (χ0v) is 15.1. The number of halogens is 2. The second kappa shape index (κ2) is 7.84. The second-order valence-corrected chi connectivity index (χ2v) is 7.28. The van der Waals surface area contributed by atoms with Gasteiger partial charge in [-0.25, -0.2) is 0 Å². The number of benzene rings is 2. The van der Waals surface area contributed by atoms with Crippen LogP contribution in [-0.2, 0) is 13.1 Å². The second-order valence-electron chi connectivity index (χ2n) is 5.37. The minimum atomic E-state index is -0.0185. The number of hydrogen-bond acceptors (Lipinski definition) is 2. The normalized spacial score (nSPS) is 10.6. The Kier molecular flexibility index (Phi) is 5.56. The number of amides is 1. The zero-order chi connectivity index (χ0) is 16.9. The first-order chi connectivity index (χ1) is 11.6. The Morgan fingerprint density at radius 2 is 1.50 bits per heavy atom. The third kappa shape index (κ3) is 4.38. The van der Waals surface area contributed by atoms with Crippen LogP contribution < -0.4 is 0 Å². The van der Waals surface area contributed by atoms with Crippen LogP contribution >= 0.6 is 34.5 Å². The van der Waals surface area contributed by atoms with E-state index in [0.29, 0.717) is 28.7 Å². The predicted molar refractivity (Wildman–Crippen MR) is 101 cm³/mol. The molecule has 0 N–H and O–H groups in total. The lowest BCUT2D eigenvalue weighted by Crippen LogP contribution is -2.29. The molecule has 24 heavy (non-hydrogen) atoms. The quantitative estimate of drug-likeness (QED) is 0.543. The average molecular weight is 376 g/mol. The first-order valence-corrected chi connectivity index (χ1v) is 9.07. The number of thiophene rings is 1. The summed E-state index contributed by atoms with van der Waals surface area (Å²) in [4.78, 5) is 15.9. The molecule has 1 amide bonds. The fraction of sp³-hybridized carbons (Fsp3) is 0.105. The molecule has 0 unspecified atom stereocenters. The Hall–Kier alpha value is -1.81. The van der Waals surface area contributed by atoms with Crippen molar-refractivity contribution in [2.45, 2.75) is 13.1 Å². The molecule has 0 bridgehead atoms. The molecule has 1 heterocycles. The fourth-order valence-electron chi connectivity index (χ4n) is 2.38. The van der Waals surface area contributed by atoms with E-state index >= 15 is 0 Å². The number of carbonyl (C=O) groups is 1. The lowest BCUT2D eigenvalue weighted by Gasteiger charge is -2.22. The van der Waals surface area contributed by atoms with Gasteiger partial charge in [-0.3, -0.25) is 4.79 Å². The Morgan fingerprint density at radius 1 is 0.875 bits per heavy atom. The van der Waals surface area contributed by atoms with Crippen LogP contribution in [0.5, 0.6) is 0 Å². The van der Waals surface area contributed by atoms with Crippen molar-refractivity contribution >= 4 is 40.4 Å². The third-order valence-corrected chi connectivity index (χ3v) is 4.96. The minimum Gasteiger partial charge on any atom is -0.329 e. The van der Waals surface area contributed by atoms with Gasteiger partial charge in [-0.1, -0.05) is 41.4 Å². The van der Waals surface area contributed by atoms with E-state index in [9.17, 15) is 4.79 Å². The number of hydrogen-bond donors (Lipinski definition) is 0. The van der Waals surface area contributed by atoms with Crippen molar-refractivity contribution < 1.29 is 4.79 Å². The van der Waals surface area contributed by atoms with E-state index in [1.54, 1.807) is 35.6 Å². The average Bonchev–Trinajstić information content (AvgIpc) is 3.09. The molecule has 0 atom stereocenters. The summed E-state index contributed by atoms with van der Waals surface area (Å²) in [5.74, 6) is -0.0185. The number of nitrogens with zero attached hydrogens (tertiary/aromatic N) is 1. The number of carbonyl (C=O) groups excluding carboxylic acids is 1. The maximum Gasteiger partial charge on any atom is 0.254 e. The van der Waals surface area contributed by atoms with Crippen molar-refractivity contribution in [1.29, 1.82) is 0 Å². The molecule has 0 aliphatic rings. The molecule has 122 valence electrons. The number of rotatable bonds is 5. The molecule has 0 saturated heterocycles. The molecule has 1 aromatic heterocycles. The van der Waals surface area contributed by atoms with Gasteiger partial charge in [-0.2, -0.15) is 0 Å². The van der Waals surface area contributed by atoms with Crippen LogP contribution in [0.3, 0.4) is 0 Å². The maximum atomic E-state index is 12.9. The molecule has 2 nitrogen and oxygen atoms in total. The van der Waals surface area contributed by atoms with E-state index < -0.39 is 0 Å². The van der Waals surface area contributed by atoms with E-state index in [1.807, 2.05) is 46.7 Å². The molecule has 0 spiro atoms. The van der Waals surface area contributed by atoms with Crippen LogP contribution in [0.4, 0.5) is 0 Å². The van der Waals surface area contributed by atoms with Gasteiger partial charge >= 0.3 is 0 Å². The summed E-state index contributed by atoms with van der Waals surface area (Å²) in [6, 6.07) is 18.6. The Morgan fingerprint density at radius 3 is 2.08 bits per heavy atom. The molecule has 0 fully saturated rings. The van der Waals surface area contributed by atoms with Gasteiger partial charge in [0.25, 0.3) is 5.91 Å². The van der Waals surface area contributed by atoms with Gasteiger partial charge in [-0.05, 0) is 53.4 Å². The standard InChI is InChI=1S/C19H15Cl2NOS/c20-16-7-3-14(4-8-16)12-22(13-18-2-1-11-24-18)19(23)15-5-9-17(21)10-6-15/h1-11H,12-13H2. The molecular formula is C19H15Cl2NOS. The van der Waals surface area contributed by atoms with Crippen molar-refractivity contribution in [1.82, 2.24) is 4.90 Å². The molecule has 2 aromatic carbocycles. The van der Waals surface area contributed by atoms with Gasteiger partial charge < -0.3 is 4.90 Å². The molecule has 0 saturated carbocycles. The van der Waals surface area contributed by atoms with Gasteiger partial charge in [0.1, 0.15) is 0 Å². The molecule has 5 heteroatoms. The van der Waals surface area contributed by atoms with Gasteiger partial charge in [0, 0.05) is 27.0 Å². The van der Waals surface area contributed by atoms with Crippen LogP contribution in [0.25, 0.3) is 0 Å². The predicted octanol–water partition coefficient (Wildman–Crippen LogP) is 5.90. The highest BCUT2D eigenvalue weighted by molar-refractivity contribution is 7.09. The van der Waals surface area contributed by atoms with Crippen molar-refractivity contribution in [2.75, 3.05) is 0 Å². The highest BCUT2D eigenvalue weighted by Crippen LogP contribution is 2.19. The minimum absolute atomic E-state index is 0.0185. The van der Waals surface area contributed by atoms with Gasteiger partial charge in [0.2, 0.25) is 0 Å². The summed E-state index contributed by atoms with van der Waals surface area (Å²) >= 11 is 13.5. The van der Waals surface area contributed by atoms with E-state index in [-0.39, 0.29) is 5.91 Å². The van der Waals surface area contributed by atoms with Gasteiger partial charge in [0.15, 0.2) is 0 Å². The first kappa shape index (κ1) is 17.0.